The lowest BCUT2D eigenvalue weighted by Crippen LogP contribution is -2.43. The van der Waals surface area contributed by atoms with Crippen LogP contribution in [0.4, 0.5) is 4.79 Å². The molecule has 0 spiro atoms. The van der Waals surface area contributed by atoms with Crippen LogP contribution >= 0.6 is 0 Å². The number of aromatic nitrogens is 1. The summed E-state index contributed by atoms with van der Waals surface area (Å²) in [5, 5.41) is 10.1. The van der Waals surface area contributed by atoms with Gasteiger partial charge in [-0.25, -0.2) is 4.79 Å². The highest BCUT2D eigenvalue weighted by Gasteiger charge is 2.18. The molecule has 0 saturated carbocycles. The second-order valence-corrected chi connectivity index (χ2v) is 7.12. The van der Waals surface area contributed by atoms with E-state index in [0.717, 1.165) is 29.0 Å². The third kappa shape index (κ3) is 5.62. The number of amides is 2. The molecule has 0 saturated heterocycles. The van der Waals surface area contributed by atoms with Crippen LogP contribution in [0.15, 0.2) is 34.9 Å². The maximum Gasteiger partial charge on any atom is 0.315 e. The van der Waals surface area contributed by atoms with Crippen molar-refractivity contribution in [3.63, 3.8) is 0 Å². The van der Waals surface area contributed by atoms with E-state index >= 15 is 0 Å². The van der Waals surface area contributed by atoms with Gasteiger partial charge in [0.25, 0.3) is 0 Å². The van der Waals surface area contributed by atoms with E-state index in [1.807, 2.05) is 39.0 Å². The number of nitrogens with zero attached hydrogens (tertiary/aromatic N) is 1. The zero-order valence-electron chi connectivity index (χ0n) is 15.8. The molecular weight excluding hydrogens is 314 g/mol. The third-order valence-electron chi connectivity index (χ3n) is 4.28. The van der Waals surface area contributed by atoms with Gasteiger partial charge in [-0.05, 0) is 45.1 Å². The maximum atomic E-state index is 12.5. The summed E-state index contributed by atoms with van der Waals surface area (Å²) in [6, 6.07) is 9.96. The van der Waals surface area contributed by atoms with Crippen molar-refractivity contribution in [1.29, 1.82) is 0 Å². The molecule has 2 aromatic rings. The number of carbonyl (C=O) groups is 1. The lowest BCUT2D eigenvalue weighted by Gasteiger charge is -2.23. The van der Waals surface area contributed by atoms with Crippen LogP contribution < -0.4 is 10.6 Å². The number of rotatable bonds is 7. The lowest BCUT2D eigenvalue weighted by atomic mass is 9.97. The van der Waals surface area contributed by atoms with Crippen molar-refractivity contribution in [2.45, 2.75) is 59.5 Å². The normalized spacial score (nSPS) is 13.5. The minimum atomic E-state index is -0.145. The molecule has 5 nitrogen and oxygen atoms in total. The van der Waals surface area contributed by atoms with Gasteiger partial charge in [-0.3, -0.25) is 0 Å². The molecule has 0 aliphatic carbocycles. The van der Waals surface area contributed by atoms with Gasteiger partial charge in [-0.15, -0.1) is 0 Å². The molecule has 1 aromatic carbocycles. The van der Waals surface area contributed by atoms with Crippen LogP contribution in [0.5, 0.6) is 0 Å². The number of nitrogens with one attached hydrogen (secondary N) is 2. The SMILES string of the molecule is Cc1noc(C)c1C[C@H](C)NC(=O)N[C@@H](CC(C)C)c1ccccc1. The predicted molar refractivity (Wildman–Crippen MR) is 99.4 cm³/mol. The maximum absolute atomic E-state index is 12.5. The van der Waals surface area contributed by atoms with E-state index in [-0.39, 0.29) is 18.1 Å². The third-order valence-corrected chi connectivity index (χ3v) is 4.28. The van der Waals surface area contributed by atoms with E-state index in [0.29, 0.717) is 12.3 Å². The van der Waals surface area contributed by atoms with Crippen LogP contribution in [0, 0.1) is 19.8 Å². The second kappa shape index (κ2) is 8.70. The minimum Gasteiger partial charge on any atom is -0.361 e. The lowest BCUT2D eigenvalue weighted by molar-refractivity contribution is 0.232. The average molecular weight is 343 g/mol. The summed E-state index contributed by atoms with van der Waals surface area (Å²) >= 11 is 0. The van der Waals surface area contributed by atoms with Crippen molar-refractivity contribution in [3.8, 4) is 0 Å². The van der Waals surface area contributed by atoms with Gasteiger partial charge in [0.2, 0.25) is 0 Å². The van der Waals surface area contributed by atoms with Crippen LogP contribution in [0.2, 0.25) is 0 Å². The molecule has 0 bridgehead atoms. The van der Waals surface area contributed by atoms with Gasteiger partial charge in [0.1, 0.15) is 5.76 Å². The molecule has 0 unspecified atom stereocenters. The van der Waals surface area contributed by atoms with Crippen LogP contribution in [0.1, 0.15) is 55.8 Å². The molecular formula is C20H29N3O2. The Morgan fingerprint density at radius 3 is 2.36 bits per heavy atom. The highest BCUT2D eigenvalue weighted by atomic mass is 16.5. The molecule has 2 atom stereocenters. The first-order valence-electron chi connectivity index (χ1n) is 8.90. The van der Waals surface area contributed by atoms with Gasteiger partial charge < -0.3 is 15.2 Å². The summed E-state index contributed by atoms with van der Waals surface area (Å²) in [6.45, 7) is 10.1. The molecule has 1 heterocycles. The molecule has 2 amide bonds. The highest BCUT2D eigenvalue weighted by Crippen LogP contribution is 2.21. The van der Waals surface area contributed by atoms with Crippen molar-refractivity contribution in [2.75, 3.05) is 0 Å². The monoisotopic (exact) mass is 343 g/mol. The standard InChI is InChI=1S/C20H29N3O2/c1-13(2)11-19(17-9-7-6-8-10-17)22-20(24)21-14(3)12-18-15(4)23-25-16(18)5/h6-10,13-14,19H,11-12H2,1-5H3,(H2,21,22,24)/t14-,19-/m0/s1. The van der Waals surface area contributed by atoms with Crippen molar-refractivity contribution in [3.05, 3.63) is 52.9 Å². The van der Waals surface area contributed by atoms with Gasteiger partial charge in [0.05, 0.1) is 11.7 Å². The first-order valence-corrected chi connectivity index (χ1v) is 8.90. The van der Waals surface area contributed by atoms with Crippen LogP contribution in [-0.4, -0.2) is 17.2 Å². The Hall–Kier alpha value is -2.30. The topological polar surface area (TPSA) is 67.2 Å². The molecule has 0 aliphatic rings. The Morgan fingerprint density at radius 2 is 1.80 bits per heavy atom. The molecule has 0 aliphatic heterocycles. The Balaban J connectivity index is 1.96. The predicted octanol–water partition coefficient (Wildman–Crippen LogP) is 4.31. The van der Waals surface area contributed by atoms with E-state index in [1.54, 1.807) is 0 Å². The summed E-state index contributed by atoms with van der Waals surface area (Å²) in [5.41, 5.74) is 3.08. The van der Waals surface area contributed by atoms with Crippen LogP contribution in [-0.2, 0) is 6.42 Å². The fraction of sp³-hybridized carbons (Fsp3) is 0.500. The highest BCUT2D eigenvalue weighted by molar-refractivity contribution is 5.74. The molecule has 136 valence electrons. The molecule has 2 N–H and O–H groups in total. The summed E-state index contributed by atoms with van der Waals surface area (Å²) in [7, 11) is 0. The van der Waals surface area contributed by atoms with E-state index in [4.69, 9.17) is 4.52 Å². The molecule has 1 aromatic heterocycles. The van der Waals surface area contributed by atoms with Gasteiger partial charge in [0.15, 0.2) is 0 Å². The van der Waals surface area contributed by atoms with Crippen molar-refractivity contribution < 1.29 is 9.32 Å². The summed E-state index contributed by atoms with van der Waals surface area (Å²) < 4.78 is 5.19. The number of hydrogen-bond donors (Lipinski definition) is 2. The van der Waals surface area contributed by atoms with E-state index < -0.39 is 0 Å². The molecule has 0 fully saturated rings. The van der Waals surface area contributed by atoms with E-state index in [9.17, 15) is 4.79 Å². The van der Waals surface area contributed by atoms with Crippen molar-refractivity contribution in [1.82, 2.24) is 15.8 Å². The molecule has 0 radical (unpaired) electrons. The Labute approximate surface area is 150 Å². The van der Waals surface area contributed by atoms with Gasteiger partial charge in [-0.1, -0.05) is 49.3 Å². The number of carbonyl (C=O) groups excluding carboxylic acids is 1. The number of urea groups is 1. The molecule has 25 heavy (non-hydrogen) atoms. The van der Waals surface area contributed by atoms with Gasteiger partial charge in [-0.2, -0.15) is 0 Å². The molecule has 2 rings (SSSR count). The zero-order valence-corrected chi connectivity index (χ0v) is 15.8. The number of hydrogen-bond acceptors (Lipinski definition) is 3. The molecule has 5 heteroatoms. The Morgan fingerprint density at radius 1 is 1.12 bits per heavy atom. The van der Waals surface area contributed by atoms with Gasteiger partial charge >= 0.3 is 6.03 Å². The van der Waals surface area contributed by atoms with E-state index in [2.05, 4.69) is 41.8 Å². The van der Waals surface area contributed by atoms with Crippen molar-refractivity contribution >= 4 is 6.03 Å². The van der Waals surface area contributed by atoms with Gasteiger partial charge in [0, 0.05) is 11.6 Å². The zero-order chi connectivity index (χ0) is 18.4. The summed E-state index contributed by atoms with van der Waals surface area (Å²) in [5.74, 6) is 1.30. The fourth-order valence-electron chi connectivity index (χ4n) is 3.01. The van der Waals surface area contributed by atoms with Crippen LogP contribution in [0.25, 0.3) is 0 Å². The van der Waals surface area contributed by atoms with Crippen LogP contribution in [0.3, 0.4) is 0 Å². The average Bonchev–Trinajstić information content (AvgIpc) is 2.86. The first-order chi connectivity index (χ1) is 11.9. The second-order valence-electron chi connectivity index (χ2n) is 7.12. The first kappa shape index (κ1) is 19.0. The quantitative estimate of drug-likeness (QED) is 0.787. The minimum absolute atomic E-state index is 0.00691. The van der Waals surface area contributed by atoms with E-state index in [1.165, 1.54) is 0 Å². The number of aryl methyl sites for hydroxylation is 2. The summed E-state index contributed by atoms with van der Waals surface area (Å²) in [4.78, 5) is 12.5. The Kier molecular flexibility index (Phi) is 6.62. The Bertz CT molecular complexity index is 660. The van der Waals surface area contributed by atoms with Crippen molar-refractivity contribution in [2.24, 2.45) is 5.92 Å². The largest absolute Gasteiger partial charge is 0.361 e. The summed E-state index contributed by atoms with van der Waals surface area (Å²) in [6.07, 6.45) is 1.60. The smallest absolute Gasteiger partial charge is 0.315 e. The number of benzene rings is 1. The fourth-order valence-corrected chi connectivity index (χ4v) is 3.01.